The van der Waals surface area contributed by atoms with Crippen molar-refractivity contribution in [2.75, 3.05) is 13.1 Å². The maximum Gasteiger partial charge on any atom is 0.259 e. The second-order valence-corrected chi connectivity index (χ2v) is 7.53. The number of ether oxygens (including phenoxy) is 1. The topological polar surface area (TPSA) is 86.3 Å². The Morgan fingerprint density at radius 3 is 2.79 bits per heavy atom. The third-order valence-electron chi connectivity index (χ3n) is 5.69. The fraction of sp³-hybridized carbons (Fsp3) is 0.400. The predicted molar refractivity (Wildman–Crippen MR) is 99.5 cm³/mol. The lowest BCUT2D eigenvalue weighted by molar-refractivity contribution is -0.0813. The molecular weight excluding hydrogens is 358 g/mol. The Kier molecular flexibility index (Phi) is 3.83. The highest BCUT2D eigenvalue weighted by Gasteiger charge is 2.45. The summed E-state index contributed by atoms with van der Waals surface area (Å²) in [5, 5.41) is 12.4. The van der Waals surface area contributed by atoms with Gasteiger partial charge in [-0.25, -0.2) is 0 Å². The summed E-state index contributed by atoms with van der Waals surface area (Å²) >= 11 is 0. The molecule has 5 rings (SSSR count). The summed E-state index contributed by atoms with van der Waals surface area (Å²) in [6.07, 6.45) is 0.779. The molecule has 1 fully saturated rings. The minimum absolute atomic E-state index is 0.0654. The van der Waals surface area contributed by atoms with Gasteiger partial charge in [0.15, 0.2) is 5.82 Å². The molecule has 0 aliphatic carbocycles. The van der Waals surface area contributed by atoms with Crippen LogP contribution in [-0.2, 0) is 17.9 Å². The van der Waals surface area contributed by atoms with Crippen molar-refractivity contribution in [1.82, 2.24) is 24.8 Å². The molecule has 28 heavy (non-hydrogen) atoms. The summed E-state index contributed by atoms with van der Waals surface area (Å²) < 4.78 is 13.6. The second kappa shape index (κ2) is 6.27. The lowest BCUT2D eigenvalue weighted by Crippen LogP contribution is -2.45. The van der Waals surface area contributed by atoms with Gasteiger partial charge in [0.2, 0.25) is 0 Å². The maximum absolute atomic E-state index is 13.4. The van der Waals surface area contributed by atoms with Crippen LogP contribution in [0.5, 0.6) is 0 Å². The van der Waals surface area contributed by atoms with Crippen LogP contribution in [-0.4, -0.2) is 49.4 Å². The van der Waals surface area contributed by atoms with E-state index in [9.17, 15) is 4.79 Å². The van der Waals surface area contributed by atoms with Gasteiger partial charge in [-0.2, -0.15) is 0 Å². The maximum atomic E-state index is 13.4. The number of hydrogen-bond acceptors (Lipinski definition) is 6. The lowest BCUT2D eigenvalue weighted by Gasteiger charge is -2.34. The van der Waals surface area contributed by atoms with Gasteiger partial charge in [0, 0.05) is 12.1 Å². The first-order valence-corrected chi connectivity index (χ1v) is 9.40. The van der Waals surface area contributed by atoms with E-state index in [1.54, 1.807) is 6.92 Å². The van der Waals surface area contributed by atoms with Crippen molar-refractivity contribution < 1.29 is 14.1 Å². The molecule has 3 aromatic rings. The molecule has 144 valence electrons. The zero-order valence-electron chi connectivity index (χ0n) is 15.9. The molecule has 1 saturated heterocycles. The van der Waals surface area contributed by atoms with Gasteiger partial charge < -0.3 is 18.7 Å². The van der Waals surface area contributed by atoms with E-state index >= 15 is 0 Å². The molecule has 1 amide bonds. The highest BCUT2D eigenvalue weighted by Crippen LogP contribution is 2.34. The molecule has 2 aromatic heterocycles. The van der Waals surface area contributed by atoms with Crippen molar-refractivity contribution in [3.8, 4) is 11.3 Å². The number of aromatic nitrogens is 4. The van der Waals surface area contributed by atoms with E-state index in [0.29, 0.717) is 43.3 Å². The highest BCUT2D eigenvalue weighted by molar-refractivity contribution is 6.01. The molecule has 0 N–H and O–H groups in total. The molecule has 0 bridgehead atoms. The van der Waals surface area contributed by atoms with Gasteiger partial charge in [0.05, 0.1) is 13.1 Å². The Hall–Kier alpha value is -3.00. The monoisotopic (exact) mass is 379 g/mol. The van der Waals surface area contributed by atoms with Gasteiger partial charge in [0.1, 0.15) is 35.0 Å². The summed E-state index contributed by atoms with van der Waals surface area (Å²) in [7, 11) is 0. The molecule has 4 heterocycles. The molecule has 0 saturated carbocycles. The summed E-state index contributed by atoms with van der Waals surface area (Å²) in [6.45, 7) is 5.97. The van der Waals surface area contributed by atoms with Crippen molar-refractivity contribution in [3.63, 3.8) is 0 Å². The van der Waals surface area contributed by atoms with Crippen LogP contribution in [0.15, 0.2) is 34.9 Å². The van der Waals surface area contributed by atoms with Gasteiger partial charge in [-0.3, -0.25) is 4.79 Å². The quantitative estimate of drug-likeness (QED) is 0.679. The van der Waals surface area contributed by atoms with Gasteiger partial charge >= 0.3 is 0 Å². The summed E-state index contributed by atoms with van der Waals surface area (Å²) in [4.78, 5) is 15.2. The fourth-order valence-corrected chi connectivity index (χ4v) is 4.13. The average Bonchev–Trinajstić information content (AvgIpc) is 3.41. The van der Waals surface area contributed by atoms with Crippen LogP contribution in [0.2, 0.25) is 0 Å². The van der Waals surface area contributed by atoms with E-state index in [2.05, 4.69) is 19.9 Å². The van der Waals surface area contributed by atoms with Gasteiger partial charge in [-0.1, -0.05) is 35.5 Å². The van der Waals surface area contributed by atoms with E-state index in [1.807, 2.05) is 42.2 Å². The lowest BCUT2D eigenvalue weighted by atomic mass is 10.0. The van der Waals surface area contributed by atoms with Crippen LogP contribution in [0, 0.1) is 13.8 Å². The minimum atomic E-state index is -0.395. The SMILES string of the molecule is Cc1onc(-c2ccccc2)c1C(=O)N1CCC2(C1)Cn1c(C)nnc1CO2. The highest BCUT2D eigenvalue weighted by atomic mass is 16.5. The van der Waals surface area contributed by atoms with Crippen LogP contribution in [0.25, 0.3) is 11.3 Å². The van der Waals surface area contributed by atoms with Gasteiger partial charge in [0.25, 0.3) is 5.91 Å². The van der Waals surface area contributed by atoms with Crippen molar-refractivity contribution in [1.29, 1.82) is 0 Å². The number of rotatable bonds is 2. The number of fused-ring (bicyclic) bond motifs is 1. The van der Waals surface area contributed by atoms with Gasteiger partial charge in [-0.15, -0.1) is 10.2 Å². The summed E-state index contributed by atoms with van der Waals surface area (Å²) in [5.41, 5.74) is 1.59. The van der Waals surface area contributed by atoms with E-state index in [4.69, 9.17) is 9.26 Å². The van der Waals surface area contributed by atoms with Crippen molar-refractivity contribution in [3.05, 3.63) is 53.3 Å². The van der Waals surface area contributed by atoms with Crippen molar-refractivity contribution >= 4 is 5.91 Å². The summed E-state index contributed by atoms with van der Waals surface area (Å²) in [5.74, 6) is 2.19. The predicted octanol–water partition coefficient (Wildman–Crippen LogP) is 2.37. The largest absolute Gasteiger partial charge is 0.363 e. The molecule has 1 aromatic carbocycles. The van der Waals surface area contributed by atoms with E-state index < -0.39 is 5.60 Å². The Labute approximate surface area is 162 Å². The Bertz CT molecular complexity index is 1040. The number of hydrogen-bond donors (Lipinski definition) is 0. The van der Waals surface area contributed by atoms with Crippen LogP contribution in [0.1, 0.15) is 34.2 Å². The van der Waals surface area contributed by atoms with E-state index in [1.165, 1.54) is 0 Å². The number of nitrogens with zero attached hydrogens (tertiary/aromatic N) is 5. The first-order chi connectivity index (χ1) is 13.6. The molecule has 8 nitrogen and oxygen atoms in total. The first-order valence-electron chi connectivity index (χ1n) is 9.40. The third-order valence-corrected chi connectivity index (χ3v) is 5.69. The number of carbonyl (C=O) groups excluding carboxylic acids is 1. The molecule has 0 radical (unpaired) electrons. The smallest absolute Gasteiger partial charge is 0.259 e. The number of aryl methyl sites for hydroxylation is 2. The van der Waals surface area contributed by atoms with Gasteiger partial charge in [-0.05, 0) is 20.3 Å². The third kappa shape index (κ3) is 2.63. The van der Waals surface area contributed by atoms with Crippen LogP contribution in [0.4, 0.5) is 0 Å². The molecule has 1 spiro atoms. The van der Waals surface area contributed by atoms with Crippen LogP contribution in [0.3, 0.4) is 0 Å². The van der Waals surface area contributed by atoms with Crippen LogP contribution < -0.4 is 0 Å². The molecule has 2 aliphatic heterocycles. The first kappa shape index (κ1) is 17.1. The van der Waals surface area contributed by atoms with E-state index in [0.717, 1.165) is 23.6 Å². The Balaban J connectivity index is 1.41. The average molecular weight is 379 g/mol. The minimum Gasteiger partial charge on any atom is -0.363 e. The number of carbonyl (C=O) groups is 1. The molecule has 1 unspecified atom stereocenters. The van der Waals surface area contributed by atoms with Crippen LogP contribution >= 0.6 is 0 Å². The fourth-order valence-electron chi connectivity index (χ4n) is 4.13. The second-order valence-electron chi connectivity index (χ2n) is 7.53. The van der Waals surface area contributed by atoms with Crippen molar-refractivity contribution in [2.24, 2.45) is 0 Å². The molecular formula is C20H21N5O3. The number of amides is 1. The zero-order chi connectivity index (χ0) is 19.3. The van der Waals surface area contributed by atoms with Crippen molar-refractivity contribution in [2.45, 2.75) is 39.0 Å². The zero-order valence-corrected chi connectivity index (χ0v) is 15.9. The Morgan fingerprint density at radius 2 is 1.96 bits per heavy atom. The molecule has 2 aliphatic rings. The number of benzene rings is 1. The van der Waals surface area contributed by atoms with E-state index in [-0.39, 0.29) is 5.91 Å². The molecule has 8 heteroatoms. The summed E-state index contributed by atoms with van der Waals surface area (Å²) in [6, 6.07) is 9.64. The normalized spacial score (nSPS) is 21.3. The number of likely N-dealkylation sites (tertiary alicyclic amines) is 1. The Morgan fingerprint density at radius 1 is 1.14 bits per heavy atom. The molecule has 1 atom stereocenters. The standard InChI is InChI=1S/C20H21N5O3/c1-13-17(18(23-28-13)15-6-4-3-5-7-15)19(26)24-9-8-20(11-24)12-25-14(2)21-22-16(25)10-27-20/h3-7H,8-12H2,1-2H3.